The Bertz CT molecular complexity index is 862. The van der Waals surface area contributed by atoms with Gasteiger partial charge in [0.25, 0.3) is 0 Å². The summed E-state index contributed by atoms with van der Waals surface area (Å²) in [5.41, 5.74) is 4.44. The van der Waals surface area contributed by atoms with Gasteiger partial charge in [0.1, 0.15) is 5.82 Å². The van der Waals surface area contributed by atoms with Crippen molar-refractivity contribution >= 4 is 20.1 Å². The molecule has 29 heavy (non-hydrogen) atoms. The fraction of sp³-hybridized carbons (Fsp3) is 0.333. The Hall–Kier alpha value is -1.24. The van der Waals surface area contributed by atoms with Crippen molar-refractivity contribution in [1.82, 2.24) is 9.55 Å². The molecule has 1 aliphatic carbocycles. The standard InChI is InChI=1S/C22H24N2.C2H5.2ClH.Cr/c1-22(2,20-13-12-17-8-6-7-11-19(17)20)16-21-23-14-15-24(21)18-9-4-3-5-10-18;1-2;;;/h3-11,14-15,20H,12-13,16H2,1-2H3;1H2,2H3;2*1H;/q;-1;;;+3/p-2. The second-order valence-electron chi connectivity index (χ2n) is 7.56. The molecule has 0 radical (unpaired) electrons. The number of rotatable bonds is 4. The zero-order chi connectivity index (χ0) is 21.3. The zero-order valence-electron chi connectivity index (χ0n) is 17.3. The Balaban J connectivity index is 0.000000551. The monoisotopic (exact) mass is 467 g/mol. The second-order valence-corrected chi connectivity index (χ2v) is 9.67. The molecule has 2 aromatic carbocycles. The van der Waals surface area contributed by atoms with Crippen LogP contribution in [-0.2, 0) is 26.2 Å². The van der Waals surface area contributed by atoms with E-state index in [0.29, 0.717) is 5.92 Å². The number of aryl methyl sites for hydroxylation is 1. The van der Waals surface area contributed by atoms with Gasteiger partial charge in [-0.3, -0.25) is 0 Å². The molecular weight excluding hydrogens is 439 g/mol. The molecule has 5 heteroatoms. The normalized spacial score (nSPS) is 14.8. The van der Waals surface area contributed by atoms with Crippen LogP contribution in [0.5, 0.6) is 0 Å². The number of hydrogen-bond donors (Lipinski definition) is 0. The molecule has 3 aromatic rings. The van der Waals surface area contributed by atoms with Crippen molar-refractivity contribution in [3.63, 3.8) is 0 Å². The third-order valence-corrected chi connectivity index (χ3v) is 5.44. The first kappa shape index (κ1) is 24.0. The van der Waals surface area contributed by atoms with Crippen molar-refractivity contribution in [1.29, 1.82) is 0 Å². The van der Waals surface area contributed by atoms with Crippen LogP contribution in [0.4, 0.5) is 0 Å². The molecule has 1 unspecified atom stereocenters. The van der Waals surface area contributed by atoms with Crippen molar-refractivity contribution in [3.05, 3.63) is 90.9 Å². The molecule has 1 aliphatic rings. The van der Waals surface area contributed by atoms with Crippen molar-refractivity contribution in [2.45, 2.75) is 46.0 Å². The molecule has 0 amide bonds. The fourth-order valence-electron chi connectivity index (χ4n) is 4.19. The van der Waals surface area contributed by atoms with Gasteiger partial charge in [-0.25, -0.2) is 4.98 Å². The van der Waals surface area contributed by atoms with Gasteiger partial charge in [0.15, 0.2) is 0 Å². The minimum atomic E-state index is -0.181. The number of hydrogen-bond acceptors (Lipinski definition) is 1. The number of halogens is 2. The third-order valence-electron chi connectivity index (χ3n) is 5.44. The van der Waals surface area contributed by atoms with E-state index in [4.69, 9.17) is 20.1 Å². The quantitative estimate of drug-likeness (QED) is 0.365. The van der Waals surface area contributed by atoms with Gasteiger partial charge in [-0.15, -0.1) is 0 Å². The molecule has 1 aromatic heterocycles. The van der Waals surface area contributed by atoms with E-state index in [1.165, 1.54) is 24.1 Å². The molecular formula is C24H29Cl2CrN2. The molecule has 1 heterocycles. The molecule has 155 valence electrons. The first-order chi connectivity index (χ1) is 14.1. The molecule has 0 saturated heterocycles. The number of para-hydroxylation sites is 1. The van der Waals surface area contributed by atoms with Gasteiger partial charge < -0.3 is 11.5 Å². The van der Waals surface area contributed by atoms with Crippen LogP contribution in [0.15, 0.2) is 67.0 Å². The van der Waals surface area contributed by atoms with E-state index in [1.807, 2.05) is 6.20 Å². The number of nitrogens with zero attached hydrogens (tertiary/aromatic N) is 2. The molecule has 0 aliphatic heterocycles. The summed E-state index contributed by atoms with van der Waals surface area (Å²) in [5, 5.41) is 0. The van der Waals surface area contributed by atoms with E-state index in [0.717, 1.165) is 12.2 Å². The Kier molecular flexibility index (Phi) is 9.80. The van der Waals surface area contributed by atoms with Crippen LogP contribution in [-0.4, -0.2) is 9.55 Å². The van der Waals surface area contributed by atoms with E-state index >= 15 is 0 Å². The number of benzene rings is 2. The summed E-state index contributed by atoms with van der Waals surface area (Å²) in [6.07, 6.45) is 7.42. The van der Waals surface area contributed by atoms with Crippen molar-refractivity contribution in [3.8, 4) is 5.69 Å². The van der Waals surface area contributed by atoms with Crippen molar-refractivity contribution in [2.75, 3.05) is 0 Å². The maximum atomic E-state index is 4.83. The van der Waals surface area contributed by atoms with Gasteiger partial charge in [-0.1, -0.05) is 56.3 Å². The zero-order valence-corrected chi connectivity index (χ0v) is 20.1. The molecule has 4 rings (SSSR count). The van der Waals surface area contributed by atoms with Crippen LogP contribution in [0, 0.1) is 12.3 Å². The summed E-state index contributed by atoms with van der Waals surface area (Å²) in [5.74, 6) is 1.75. The maximum absolute atomic E-state index is 4.83. The number of fused-ring (bicyclic) bond motifs is 1. The van der Waals surface area contributed by atoms with E-state index in [9.17, 15) is 0 Å². The average molecular weight is 468 g/mol. The summed E-state index contributed by atoms with van der Waals surface area (Å²) in [6.45, 7) is 9.79. The van der Waals surface area contributed by atoms with E-state index in [2.05, 4.69) is 91.1 Å². The molecule has 0 saturated carbocycles. The van der Waals surface area contributed by atoms with Crippen molar-refractivity contribution in [2.24, 2.45) is 5.41 Å². The molecule has 1 atom stereocenters. The van der Waals surface area contributed by atoms with Gasteiger partial charge >= 0.3 is 33.5 Å². The van der Waals surface area contributed by atoms with E-state index in [1.54, 1.807) is 12.5 Å². The topological polar surface area (TPSA) is 17.8 Å². The molecule has 0 bridgehead atoms. The predicted molar refractivity (Wildman–Crippen MR) is 121 cm³/mol. The van der Waals surface area contributed by atoms with Crippen LogP contribution < -0.4 is 0 Å². The summed E-state index contributed by atoms with van der Waals surface area (Å²) in [7, 11) is 9.65. The van der Waals surface area contributed by atoms with Gasteiger partial charge in [-0.2, -0.15) is 6.92 Å². The van der Waals surface area contributed by atoms with Crippen LogP contribution in [0.3, 0.4) is 0 Å². The summed E-state index contributed by atoms with van der Waals surface area (Å²) >= 11 is -0.181. The van der Waals surface area contributed by atoms with Crippen LogP contribution in [0.25, 0.3) is 5.69 Å². The first-order valence-electron chi connectivity index (χ1n) is 9.82. The van der Waals surface area contributed by atoms with Crippen molar-refractivity contribution < 1.29 is 13.4 Å². The van der Waals surface area contributed by atoms with Crippen LogP contribution >= 0.6 is 20.1 Å². The second kappa shape index (κ2) is 11.8. The number of aromatic nitrogens is 2. The summed E-state index contributed by atoms with van der Waals surface area (Å²) in [6, 6.07) is 19.4. The Morgan fingerprint density at radius 2 is 1.69 bits per heavy atom. The molecule has 0 spiro atoms. The Labute approximate surface area is 190 Å². The summed E-state index contributed by atoms with van der Waals surface area (Å²) < 4.78 is 2.22. The fourth-order valence-corrected chi connectivity index (χ4v) is 4.19. The predicted octanol–water partition coefficient (Wildman–Crippen LogP) is 7.39. The third kappa shape index (κ3) is 6.12. The van der Waals surface area contributed by atoms with Gasteiger partial charge in [-0.05, 0) is 47.4 Å². The van der Waals surface area contributed by atoms with Gasteiger partial charge in [0.2, 0.25) is 0 Å². The number of imidazole rings is 1. The Morgan fingerprint density at radius 3 is 2.38 bits per heavy atom. The first-order valence-corrected chi connectivity index (χ1v) is 13.3. The van der Waals surface area contributed by atoms with Crippen LogP contribution in [0.2, 0.25) is 0 Å². The average Bonchev–Trinajstić information content (AvgIpc) is 3.38. The summed E-state index contributed by atoms with van der Waals surface area (Å²) in [4.78, 5) is 4.67. The SMILES string of the molecule is CC(C)(Cc1nccn1-c1ccccc1)C1CCc2ccccc21.[CH2-]C.[Cl][Cr+][Cl]. The minimum absolute atomic E-state index is 0.181. The molecule has 0 fully saturated rings. The molecule has 0 N–H and O–H groups in total. The van der Waals surface area contributed by atoms with E-state index in [-0.39, 0.29) is 18.8 Å². The molecule has 2 nitrogen and oxygen atoms in total. The van der Waals surface area contributed by atoms with Crippen LogP contribution in [0.1, 0.15) is 50.1 Å². The van der Waals surface area contributed by atoms with E-state index < -0.39 is 0 Å². The Morgan fingerprint density at radius 1 is 1.07 bits per heavy atom. The van der Waals surface area contributed by atoms with Gasteiger partial charge in [0, 0.05) is 24.5 Å². The van der Waals surface area contributed by atoms with Gasteiger partial charge in [0.05, 0.1) is 0 Å².